The molecule has 10 nitrogen and oxygen atoms in total. The van der Waals surface area contributed by atoms with Crippen LogP contribution in [0.2, 0.25) is 0 Å². The number of aliphatic hydroxyl groups excluding tert-OH is 2. The zero-order chi connectivity index (χ0) is 48.8. The number of aliphatic hydroxyl groups is 2. The first-order valence-corrected chi connectivity index (χ1v) is 24.6. The molecule has 6 atom stereocenters. The molecule has 10 rings (SSSR count). The lowest BCUT2D eigenvalue weighted by Gasteiger charge is -2.45. The van der Waals surface area contributed by atoms with Gasteiger partial charge in [0.1, 0.15) is 16.9 Å². The Morgan fingerprint density at radius 3 is 2.24 bits per heavy atom. The van der Waals surface area contributed by atoms with Crippen LogP contribution in [0.15, 0.2) is 154 Å². The smallest absolute Gasteiger partial charge is 0.339 e. The number of aryl methyl sites for hydroxylation is 2. The van der Waals surface area contributed by atoms with Crippen molar-refractivity contribution in [1.29, 1.82) is 0 Å². The first-order valence-electron chi connectivity index (χ1n) is 24.6. The van der Waals surface area contributed by atoms with Crippen LogP contribution in [0.25, 0.3) is 11.0 Å². The molecular formula is C60H62O10. The molecule has 3 aliphatic heterocycles. The van der Waals surface area contributed by atoms with Crippen molar-refractivity contribution >= 4 is 22.9 Å². The van der Waals surface area contributed by atoms with Crippen molar-refractivity contribution in [2.45, 2.75) is 108 Å². The van der Waals surface area contributed by atoms with Gasteiger partial charge in [-0.15, -0.1) is 0 Å². The van der Waals surface area contributed by atoms with Crippen molar-refractivity contribution < 1.29 is 43.2 Å². The fourth-order valence-corrected chi connectivity index (χ4v) is 10.9. The molecule has 0 fully saturated rings. The summed E-state index contributed by atoms with van der Waals surface area (Å²) in [5.41, 5.74) is 6.60. The second-order valence-corrected chi connectivity index (χ2v) is 19.4. The van der Waals surface area contributed by atoms with Gasteiger partial charge in [0.05, 0.1) is 25.4 Å². The van der Waals surface area contributed by atoms with E-state index in [-0.39, 0.29) is 66.9 Å². The van der Waals surface area contributed by atoms with E-state index in [1.54, 1.807) is 19.1 Å². The summed E-state index contributed by atoms with van der Waals surface area (Å²) in [4.78, 5) is 43.9. The van der Waals surface area contributed by atoms with Crippen molar-refractivity contribution in [1.82, 2.24) is 0 Å². The summed E-state index contributed by atoms with van der Waals surface area (Å²) in [7, 11) is 1.53. The number of hydrogen-bond acceptors (Lipinski definition) is 10. The predicted molar refractivity (Wildman–Crippen MR) is 269 cm³/mol. The number of ether oxygens (including phenoxy) is 4. The van der Waals surface area contributed by atoms with Crippen LogP contribution in [-0.4, -0.2) is 54.2 Å². The van der Waals surface area contributed by atoms with E-state index in [9.17, 15) is 19.8 Å². The molecular weight excluding hydrogens is 881 g/mol. The Balaban J connectivity index is 1.16. The van der Waals surface area contributed by atoms with Gasteiger partial charge in [0.2, 0.25) is 0 Å². The Labute approximate surface area is 409 Å². The molecule has 4 heterocycles. The number of rotatable bonds is 12. The Bertz CT molecular complexity index is 2940. The van der Waals surface area contributed by atoms with E-state index in [1.807, 2.05) is 31.2 Å². The van der Waals surface area contributed by atoms with E-state index < -0.39 is 42.0 Å². The van der Waals surface area contributed by atoms with Gasteiger partial charge in [0.25, 0.3) is 0 Å². The zero-order valence-electron chi connectivity index (χ0n) is 40.2. The zero-order valence-corrected chi connectivity index (χ0v) is 40.2. The highest BCUT2D eigenvalue weighted by Crippen LogP contribution is 2.50. The van der Waals surface area contributed by atoms with Gasteiger partial charge in [0, 0.05) is 48.3 Å². The highest BCUT2D eigenvalue weighted by Gasteiger charge is 2.53. The third kappa shape index (κ3) is 10.5. The van der Waals surface area contributed by atoms with Gasteiger partial charge in [0.15, 0.2) is 12.2 Å². The molecule has 10 heteroatoms. The Hall–Kier alpha value is -6.59. The molecule has 362 valence electrons. The summed E-state index contributed by atoms with van der Waals surface area (Å²) in [5.74, 6) is -1.15. The van der Waals surface area contributed by atoms with Crippen LogP contribution in [0, 0.1) is 5.92 Å². The van der Waals surface area contributed by atoms with Crippen LogP contribution in [0.1, 0.15) is 114 Å². The number of carbonyl (C=O) groups excluding carboxylic acids is 2. The minimum atomic E-state index is -1.31. The lowest BCUT2D eigenvalue weighted by Crippen LogP contribution is -2.54. The highest BCUT2D eigenvalue weighted by molar-refractivity contribution is 5.90. The maximum Gasteiger partial charge on any atom is 0.339 e. The minimum absolute atomic E-state index is 0.0294. The third-order valence-corrected chi connectivity index (χ3v) is 14.7. The topological polar surface area (TPSA) is 142 Å². The molecule has 4 aliphatic rings. The average Bonchev–Trinajstić information content (AvgIpc) is 3.37. The maximum atomic E-state index is 15.1. The molecule has 5 aromatic carbocycles. The number of benzene rings is 5. The Morgan fingerprint density at radius 1 is 0.771 bits per heavy atom. The number of hydrogen-bond donors (Lipinski definition) is 2. The fraction of sp³-hybridized carbons (Fsp3) is 0.350. The number of carbonyl (C=O) groups is 2. The summed E-state index contributed by atoms with van der Waals surface area (Å²) >= 11 is 0. The summed E-state index contributed by atoms with van der Waals surface area (Å²) in [6.45, 7) is 2.97. The lowest BCUT2D eigenvalue weighted by molar-refractivity contribution is -0.192. The van der Waals surface area contributed by atoms with Crippen LogP contribution >= 0.6 is 0 Å². The van der Waals surface area contributed by atoms with Gasteiger partial charge >= 0.3 is 17.6 Å². The largest absolute Gasteiger partial charge is 0.483 e. The molecule has 0 saturated carbocycles. The number of fused-ring (bicyclic) bond motifs is 11. The van der Waals surface area contributed by atoms with Crippen LogP contribution < -0.4 is 10.4 Å². The summed E-state index contributed by atoms with van der Waals surface area (Å²) in [6.07, 6.45) is 6.16. The molecule has 0 spiro atoms. The second kappa shape index (κ2) is 21.6. The van der Waals surface area contributed by atoms with E-state index >= 15 is 4.79 Å². The van der Waals surface area contributed by atoms with E-state index in [0.29, 0.717) is 59.9 Å². The molecule has 6 aromatic rings. The summed E-state index contributed by atoms with van der Waals surface area (Å²) < 4.78 is 32.0. The molecule has 1 aromatic heterocycles. The van der Waals surface area contributed by atoms with E-state index in [2.05, 4.69) is 97.1 Å². The second-order valence-electron chi connectivity index (χ2n) is 19.4. The van der Waals surface area contributed by atoms with Crippen molar-refractivity contribution in [3.63, 3.8) is 0 Å². The molecule has 0 saturated heterocycles. The molecule has 2 N–H and O–H groups in total. The molecule has 0 radical (unpaired) electrons. The average molecular weight is 943 g/mol. The minimum Gasteiger partial charge on any atom is -0.483 e. The van der Waals surface area contributed by atoms with Crippen LogP contribution in [-0.2, 0) is 56.1 Å². The van der Waals surface area contributed by atoms with Crippen molar-refractivity contribution in [2.75, 3.05) is 20.3 Å². The van der Waals surface area contributed by atoms with Gasteiger partial charge in [-0.25, -0.2) is 9.59 Å². The van der Waals surface area contributed by atoms with Gasteiger partial charge in [-0.2, -0.15) is 0 Å². The first-order chi connectivity index (χ1) is 34.0. The lowest BCUT2D eigenvalue weighted by atomic mass is 9.72. The van der Waals surface area contributed by atoms with Gasteiger partial charge < -0.3 is 33.6 Å². The molecule has 1 aliphatic carbocycles. The van der Waals surface area contributed by atoms with Gasteiger partial charge in [-0.05, 0) is 121 Å². The first kappa shape index (κ1) is 48.4. The van der Waals surface area contributed by atoms with Crippen molar-refractivity contribution in [3.8, 4) is 5.75 Å². The van der Waals surface area contributed by atoms with Gasteiger partial charge in [-0.1, -0.05) is 121 Å². The molecule has 0 amide bonds. The molecule has 70 heavy (non-hydrogen) atoms. The normalized spacial score (nSPS) is 23.1. The summed E-state index contributed by atoms with van der Waals surface area (Å²) in [6, 6.07) is 41.0. The van der Waals surface area contributed by atoms with Crippen LogP contribution in [0.4, 0.5) is 0 Å². The molecule has 2 bridgehead atoms. The maximum absolute atomic E-state index is 15.1. The monoisotopic (exact) mass is 942 g/mol. The van der Waals surface area contributed by atoms with E-state index in [1.165, 1.54) is 23.8 Å². The summed E-state index contributed by atoms with van der Waals surface area (Å²) in [5, 5.41) is 21.7. The SMILES string of the molecule is COCCc1c(CO)c2ccc3c(c2oc1=O)C1OC(=O)CC2CC(c4cccc(Cc5ccccc5)c4)C=CC2c2ccc(cc2)CCC(=C(C)CO)C(=O)OC1C(C)(CCCc1ccccc1)O3. The third-order valence-electron chi connectivity index (χ3n) is 14.7. The Morgan fingerprint density at radius 2 is 1.51 bits per heavy atom. The van der Waals surface area contributed by atoms with E-state index in [4.69, 9.17) is 23.4 Å². The highest BCUT2D eigenvalue weighted by atomic mass is 16.6. The molecule has 6 unspecified atom stereocenters. The number of methoxy groups -OCH3 is 1. The quantitative estimate of drug-likeness (QED) is 0.0527. The van der Waals surface area contributed by atoms with Crippen molar-refractivity contribution in [2.24, 2.45) is 5.92 Å². The number of allylic oxidation sites excluding steroid dienone is 2. The predicted octanol–water partition coefficient (Wildman–Crippen LogP) is 10.5. The van der Waals surface area contributed by atoms with Crippen LogP contribution in [0.3, 0.4) is 0 Å². The van der Waals surface area contributed by atoms with Crippen molar-refractivity contribution in [3.05, 3.63) is 205 Å². The van der Waals surface area contributed by atoms with Crippen LogP contribution in [0.5, 0.6) is 5.75 Å². The fourth-order valence-electron chi connectivity index (χ4n) is 10.9. The van der Waals surface area contributed by atoms with Gasteiger partial charge in [-0.3, -0.25) is 4.79 Å². The standard InChI is InChI=1S/C60H62O10/c1-38(36-61)47-25-21-40-19-22-43(23-20-40)48-26-24-45(44-18-10-16-42(33-44)32-41-14-8-5-9-15-41)34-46(48)35-53(63)67-56-54-52(28-27-49-51(37-62)50(29-31-66-3)59(65)68-55(49)54)70-60(2,57(56)69-58(47)64)30-11-17-39-12-6-4-7-13-39/h4-10,12-16,18-20,22-24,26-28,33,45-46,48,56-57,61-62H,11,17,21,25,29-32,34-37H2,1-3H3. The Kier molecular flexibility index (Phi) is 14.9. The van der Waals surface area contributed by atoms with E-state index in [0.717, 1.165) is 23.1 Å². The number of esters is 2.